The molecule has 2 aromatic carbocycles. The molecule has 0 heterocycles. The van der Waals surface area contributed by atoms with E-state index in [-0.39, 0.29) is 6.16 Å². The zero-order chi connectivity index (χ0) is 24.6. The third kappa shape index (κ3) is 5.96. The van der Waals surface area contributed by atoms with Gasteiger partial charge in [0.05, 0.1) is 26.0 Å². The molecule has 5 nitrogen and oxygen atoms in total. The van der Waals surface area contributed by atoms with Crippen molar-refractivity contribution in [2.24, 2.45) is 11.3 Å². The summed E-state index contributed by atoms with van der Waals surface area (Å²) >= 11 is 0. The predicted octanol–water partition coefficient (Wildman–Crippen LogP) is 6.64. The molecule has 3 aliphatic rings. The first kappa shape index (κ1) is 24.9. The SMILES string of the molecule is COc1ccc(C2CC3(CC3)C2)c(C2CCC(COc3cccc([C@H](O)CP(C)(=O)O)c3)CC2)c1. The summed E-state index contributed by atoms with van der Waals surface area (Å²) < 4.78 is 23.3. The summed E-state index contributed by atoms with van der Waals surface area (Å²) in [5.74, 6) is 3.52. The molecule has 2 aromatic rings. The maximum absolute atomic E-state index is 11.6. The second kappa shape index (κ2) is 9.92. The zero-order valence-corrected chi connectivity index (χ0v) is 21.9. The van der Waals surface area contributed by atoms with Crippen LogP contribution in [-0.2, 0) is 4.57 Å². The summed E-state index contributed by atoms with van der Waals surface area (Å²) in [5, 5.41) is 10.3. The van der Waals surface area contributed by atoms with E-state index in [0.29, 0.717) is 35.2 Å². The highest BCUT2D eigenvalue weighted by Crippen LogP contribution is 2.66. The summed E-state index contributed by atoms with van der Waals surface area (Å²) in [6.07, 6.45) is 9.14. The maximum Gasteiger partial charge on any atom is 0.200 e. The second-order valence-electron chi connectivity index (χ2n) is 11.5. The third-order valence-corrected chi connectivity index (χ3v) is 9.60. The van der Waals surface area contributed by atoms with Crippen molar-refractivity contribution in [1.82, 2.24) is 0 Å². The predicted molar refractivity (Wildman–Crippen MR) is 139 cm³/mol. The normalized spacial score (nSPS) is 25.9. The molecule has 3 aliphatic carbocycles. The fourth-order valence-electron chi connectivity index (χ4n) is 6.29. The van der Waals surface area contributed by atoms with E-state index in [4.69, 9.17) is 9.47 Å². The molecule has 1 spiro atoms. The quantitative estimate of drug-likeness (QED) is 0.379. The number of hydrogen-bond donors (Lipinski definition) is 2. The van der Waals surface area contributed by atoms with E-state index < -0.39 is 13.5 Å². The first-order valence-electron chi connectivity index (χ1n) is 13.1. The highest BCUT2D eigenvalue weighted by molar-refractivity contribution is 7.57. The van der Waals surface area contributed by atoms with Gasteiger partial charge < -0.3 is 19.5 Å². The van der Waals surface area contributed by atoms with Crippen LogP contribution in [0, 0.1) is 11.3 Å². The number of methoxy groups -OCH3 is 1. The van der Waals surface area contributed by atoms with Crippen LogP contribution in [0.1, 0.15) is 86.0 Å². The van der Waals surface area contributed by atoms with Crippen LogP contribution < -0.4 is 9.47 Å². The van der Waals surface area contributed by atoms with E-state index in [1.807, 2.05) is 12.1 Å². The van der Waals surface area contributed by atoms with Crippen molar-refractivity contribution < 1.29 is 24.0 Å². The van der Waals surface area contributed by atoms with E-state index in [1.165, 1.54) is 50.8 Å². The maximum atomic E-state index is 11.6. The molecule has 190 valence electrons. The largest absolute Gasteiger partial charge is 0.497 e. The lowest BCUT2D eigenvalue weighted by Crippen LogP contribution is -2.25. The van der Waals surface area contributed by atoms with Gasteiger partial charge in [-0.3, -0.25) is 4.57 Å². The molecule has 0 aliphatic heterocycles. The van der Waals surface area contributed by atoms with Crippen LogP contribution in [0.5, 0.6) is 11.5 Å². The summed E-state index contributed by atoms with van der Waals surface area (Å²) in [6.45, 7) is 1.94. The van der Waals surface area contributed by atoms with Gasteiger partial charge in [0.15, 0.2) is 0 Å². The average Bonchev–Trinajstić information content (AvgIpc) is 3.62. The zero-order valence-electron chi connectivity index (χ0n) is 21.0. The molecular weight excluding hydrogens is 459 g/mol. The monoisotopic (exact) mass is 498 g/mol. The first-order chi connectivity index (χ1) is 16.7. The minimum atomic E-state index is -3.29. The Hall–Kier alpha value is -1.81. The second-order valence-corrected chi connectivity index (χ2v) is 13.9. The topological polar surface area (TPSA) is 76.0 Å². The Morgan fingerprint density at radius 1 is 1.00 bits per heavy atom. The molecular formula is C29H39O5P. The van der Waals surface area contributed by atoms with Crippen molar-refractivity contribution in [2.75, 3.05) is 26.5 Å². The molecule has 0 amide bonds. The Balaban J connectivity index is 1.17. The number of benzene rings is 2. The van der Waals surface area contributed by atoms with E-state index in [0.717, 1.165) is 24.5 Å². The standard InChI is InChI=1S/C29H39O5P/c1-33-24-10-11-26(23-16-29(17-23)12-13-29)27(15-24)21-8-6-20(7-9-21)18-34-25-5-3-4-22(14-25)28(30)19-35(2,31)32/h3-5,10-11,14-15,20-21,23,28,30H,6-9,12-13,16-19H2,1-2H3,(H,31,32)/t20?,21?,28-/m1/s1. The molecule has 5 rings (SSSR count). The van der Waals surface area contributed by atoms with Crippen molar-refractivity contribution in [2.45, 2.75) is 69.3 Å². The lowest BCUT2D eigenvalue weighted by molar-refractivity contribution is 0.191. The van der Waals surface area contributed by atoms with Crippen LogP contribution in [-0.4, -0.2) is 36.5 Å². The number of hydrogen-bond acceptors (Lipinski definition) is 4. The van der Waals surface area contributed by atoms with Crippen LogP contribution in [0.2, 0.25) is 0 Å². The van der Waals surface area contributed by atoms with Crippen molar-refractivity contribution in [3.05, 3.63) is 59.2 Å². The fraction of sp³-hybridized carbons (Fsp3) is 0.586. The summed E-state index contributed by atoms with van der Waals surface area (Å²) in [7, 11) is -1.53. The fourth-order valence-corrected chi connectivity index (χ4v) is 7.14. The number of aliphatic hydroxyl groups excluding tert-OH is 1. The van der Waals surface area contributed by atoms with Crippen molar-refractivity contribution in [1.29, 1.82) is 0 Å². The van der Waals surface area contributed by atoms with Crippen molar-refractivity contribution >= 4 is 7.37 Å². The lowest BCUT2D eigenvalue weighted by Gasteiger charge is -2.39. The van der Waals surface area contributed by atoms with Gasteiger partial charge in [-0.1, -0.05) is 18.2 Å². The molecule has 2 atom stereocenters. The van der Waals surface area contributed by atoms with Crippen LogP contribution in [0.4, 0.5) is 0 Å². The third-order valence-electron chi connectivity index (χ3n) is 8.58. The van der Waals surface area contributed by atoms with Crippen LogP contribution in [0.25, 0.3) is 0 Å². The lowest BCUT2D eigenvalue weighted by atomic mass is 9.66. The molecule has 0 radical (unpaired) electrons. The minimum Gasteiger partial charge on any atom is -0.497 e. The Labute approximate surface area is 209 Å². The van der Waals surface area contributed by atoms with Crippen LogP contribution in [0.3, 0.4) is 0 Å². The molecule has 0 saturated heterocycles. The first-order valence-corrected chi connectivity index (χ1v) is 15.4. The summed E-state index contributed by atoms with van der Waals surface area (Å²) in [5.41, 5.74) is 4.41. The van der Waals surface area contributed by atoms with Gasteiger partial charge in [0.2, 0.25) is 7.37 Å². The molecule has 6 heteroatoms. The van der Waals surface area contributed by atoms with Gasteiger partial charge in [0, 0.05) is 6.66 Å². The van der Waals surface area contributed by atoms with Crippen LogP contribution >= 0.6 is 7.37 Å². The Morgan fingerprint density at radius 3 is 2.40 bits per heavy atom. The number of aliphatic hydroxyl groups is 1. The van der Waals surface area contributed by atoms with Crippen molar-refractivity contribution in [3.63, 3.8) is 0 Å². The molecule has 0 aromatic heterocycles. The Kier molecular flexibility index (Phi) is 7.05. The van der Waals surface area contributed by atoms with Gasteiger partial charge in [0.1, 0.15) is 11.5 Å². The van der Waals surface area contributed by atoms with Crippen LogP contribution in [0.15, 0.2) is 42.5 Å². The van der Waals surface area contributed by atoms with Gasteiger partial charge in [-0.15, -0.1) is 0 Å². The Morgan fingerprint density at radius 2 is 1.74 bits per heavy atom. The molecule has 3 saturated carbocycles. The molecule has 35 heavy (non-hydrogen) atoms. The number of ether oxygens (including phenoxy) is 2. The van der Waals surface area contributed by atoms with Crippen molar-refractivity contribution in [3.8, 4) is 11.5 Å². The van der Waals surface area contributed by atoms with E-state index in [1.54, 1.807) is 24.8 Å². The van der Waals surface area contributed by atoms with Gasteiger partial charge >= 0.3 is 0 Å². The smallest absolute Gasteiger partial charge is 0.200 e. The van der Waals surface area contributed by atoms with E-state index >= 15 is 0 Å². The Bertz CT molecular complexity index is 1070. The van der Waals surface area contributed by atoms with Gasteiger partial charge in [-0.05, 0) is 115 Å². The highest BCUT2D eigenvalue weighted by Gasteiger charge is 2.53. The molecule has 0 bridgehead atoms. The number of rotatable bonds is 9. The van der Waals surface area contributed by atoms with Gasteiger partial charge in [-0.2, -0.15) is 0 Å². The molecule has 2 N–H and O–H groups in total. The molecule has 1 unspecified atom stereocenters. The highest BCUT2D eigenvalue weighted by atomic mass is 31.2. The van der Waals surface area contributed by atoms with E-state index in [9.17, 15) is 14.6 Å². The minimum absolute atomic E-state index is 0.144. The summed E-state index contributed by atoms with van der Waals surface area (Å²) in [6, 6.07) is 14.1. The molecule has 3 fully saturated rings. The average molecular weight is 499 g/mol. The van der Waals surface area contributed by atoms with Gasteiger partial charge in [-0.25, -0.2) is 0 Å². The van der Waals surface area contributed by atoms with Gasteiger partial charge in [0.25, 0.3) is 0 Å². The van der Waals surface area contributed by atoms with E-state index in [2.05, 4.69) is 18.2 Å². The summed E-state index contributed by atoms with van der Waals surface area (Å²) in [4.78, 5) is 9.57.